The van der Waals surface area contributed by atoms with Gasteiger partial charge in [-0.25, -0.2) is 4.98 Å². The molecule has 1 aromatic heterocycles. The van der Waals surface area contributed by atoms with E-state index in [1.54, 1.807) is 23.2 Å². The van der Waals surface area contributed by atoms with Gasteiger partial charge in [0.25, 0.3) is 5.91 Å². The number of aromatic nitrogens is 1. The molecule has 3 aromatic rings. The second-order valence-electron chi connectivity index (χ2n) is 6.35. The zero-order valence-electron chi connectivity index (χ0n) is 14.7. The summed E-state index contributed by atoms with van der Waals surface area (Å²) in [6, 6.07) is 13.7. The van der Waals surface area contributed by atoms with Crippen molar-refractivity contribution in [3.8, 4) is 0 Å². The van der Waals surface area contributed by atoms with Crippen molar-refractivity contribution in [2.45, 2.75) is 0 Å². The number of carbonyl (C=O) groups excluding carboxylic acids is 2. The van der Waals surface area contributed by atoms with E-state index in [0.717, 1.165) is 21.3 Å². The quantitative estimate of drug-likeness (QED) is 0.658. The average molecular weight is 377 g/mol. The summed E-state index contributed by atoms with van der Waals surface area (Å²) in [6.07, 6.45) is 5.01. The Labute approximate surface area is 161 Å². The van der Waals surface area contributed by atoms with Crippen LogP contribution in [0.25, 0.3) is 16.8 Å². The van der Waals surface area contributed by atoms with E-state index in [-0.39, 0.29) is 11.8 Å². The van der Waals surface area contributed by atoms with E-state index in [2.05, 4.69) is 4.98 Å². The Bertz CT molecular complexity index is 984. The van der Waals surface area contributed by atoms with Crippen molar-refractivity contribution in [2.24, 2.45) is 0 Å². The SMILES string of the molecule is O=C(C=Cc1nccs1)N1CCN(C(=O)c2cccc3ccccc23)CC1. The predicted octanol–water partition coefficient (Wildman–Crippen LogP) is 3.29. The molecule has 1 aliphatic heterocycles. The molecular formula is C21H19N3O2S. The Balaban J connectivity index is 1.41. The number of benzene rings is 2. The molecule has 0 spiro atoms. The fourth-order valence-corrected chi connectivity index (χ4v) is 3.81. The van der Waals surface area contributed by atoms with E-state index in [4.69, 9.17) is 0 Å². The van der Waals surface area contributed by atoms with Crippen LogP contribution in [-0.4, -0.2) is 52.8 Å². The Kier molecular flexibility index (Phi) is 4.98. The van der Waals surface area contributed by atoms with Crippen LogP contribution in [0.1, 0.15) is 15.4 Å². The summed E-state index contributed by atoms with van der Waals surface area (Å²) in [5.41, 5.74) is 0.719. The number of amides is 2. The van der Waals surface area contributed by atoms with Gasteiger partial charge in [-0.15, -0.1) is 11.3 Å². The fourth-order valence-electron chi connectivity index (χ4n) is 3.28. The van der Waals surface area contributed by atoms with Crippen LogP contribution in [0, 0.1) is 0 Å². The van der Waals surface area contributed by atoms with Gasteiger partial charge in [0.2, 0.25) is 5.91 Å². The molecule has 27 heavy (non-hydrogen) atoms. The lowest BCUT2D eigenvalue weighted by Gasteiger charge is -2.34. The standard InChI is InChI=1S/C21H19N3O2S/c25-20(9-8-19-22-10-15-27-19)23-11-13-24(14-12-23)21(26)18-7-3-5-16-4-1-2-6-17(16)18/h1-10,15H,11-14H2. The lowest BCUT2D eigenvalue weighted by molar-refractivity contribution is -0.127. The number of hydrogen-bond donors (Lipinski definition) is 0. The molecule has 2 aromatic carbocycles. The maximum atomic E-state index is 13.0. The predicted molar refractivity (Wildman–Crippen MR) is 108 cm³/mol. The first kappa shape index (κ1) is 17.4. The van der Waals surface area contributed by atoms with E-state index in [1.165, 1.54) is 11.3 Å². The Hall–Kier alpha value is -2.99. The summed E-state index contributed by atoms with van der Waals surface area (Å²) in [7, 11) is 0. The molecule has 0 unspecified atom stereocenters. The third-order valence-corrected chi connectivity index (χ3v) is 5.46. The van der Waals surface area contributed by atoms with Gasteiger partial charge < -0.3 is 9.80 Å². The highest BCUT2D eigenvalue weighted by atomic mass is 32.1. The molecule has 2 heterocycles. The van der Waals surface area contributed by atoms with E-state index in [9.17, 15) is 9.59 Å². The van der Waals surface area contributed by atoms with Crippen molar-refractivity contribution in [1.82, 2.24) is 14.8 Å². The first-order valence-electron chi connectivity index (χ1n) is 8.86. The van der Waals surface area contributed by atoms with Gasteiger partial charge in [0, 0.05) is 49.4 Å². The zero-order chi connectivity index (χ0) is 18.6. The van der Waals surface area contributed by atoms with Crippen molar-refractivity contribution in [3.05, 3.63) is 70.7 Å². The van der Waals surface area contributed by atoms with Crippen LogP contribution in [0.4, 0.5) is 0 Å². The lowest BCUT2D eigenvalue weighted by atomic mass is 10.0. The van der Waals surface area contributed by atoms with Gasteiger partial charge in [0.1, 0.15) is 5.01 Å². The van der Waals surface area contributed by atoms with E-state index >= 15 is 0 Å². The van der Waals surface area contributed by atoms with Crippen LogP contribution in [0.3, 0.4) is 0 Å². The smallest absolute Gasteiger partial charge is 0.254 e. The summed E-state index contributed by atoms with van der Waals surface area (Å²) in [6.45, 7) is 2.16. The summed E-state index contributed by atoms with van der Waals surface area (Å²) >= 11 is 1.49. The van der Waals surface area contributed by atoms with Gasteiger partial charge >= 0.3 is 0 Å². The van der Waals surface area contributed by atoms with E-state index in [0.29, 0.717) is 26.2 Å². The lowest BCUT2D eigenvalue weighted by Crippen LogP contribution is -2.50. The largest absolute Gasteiger partial charge is 0.336 e. The van der Waals surface area contributed by atoms with Crippen molar-refractivity contribution >= 4 is 40.0 Å². The third kappa shape index (κ3) is 3.75. The molecule has 0 bridgehead atoms. The highest BCUT2D eigenvalue weighted by molar-refractivity contribution is 7.10. The highest BCUT2D eigenvalue weighted by Gasteiger charge is 2.24. The highest BCUT2D eigenvalue weighted by Crippen LogP contribution is 2.20. The fraction of sp³-hybridized carbons (Fsp3) is 0.190. The third-order valence-electron chi connectivity index (χ3n) is 4.72. The van der Waals surface area contributed by atoms with Crippen molar-refractivity contribution in [3.63, 3.8) is 0 Å². The summed E-state index contributed by atoms with van der Waals surface area (Å²) in [4.78, 5) is 33.0. The Morgan fingerprint density at radius 3 is 2.48 bits per heavy atom. The summed E-state index contributed by atoms with van der Waals surface area (Å²) in [5, 5.41) is 4.72. The van der Waals surface area contributed by atoms with E-state index in [1.807, 2.05) is 52.7 Å². The molecule has 0 radical (unpaired) electrons. The van der Waals surface area contributed by atoms with Crippen LogP contribution in [0.5, 0.6) is 0 Å². The monoisotopic (exact) mass is 377 g/mol. The molecule has 0 atom stereocenters. The first-order valence-corrected chi connectivity index (χ1v) is 9.74. The Morgan fingerprint density at radius 1 is 0.963 bits per heavy atom. The minimum atomic E-state index is -0.0394. The van der Waals surface area contributed by atoms with Gasteiger partial charge in [-0.2, -0.15) is 0 Å². The van der Waals surface area contributed by atoms with Gasteiger partial charge in [-0.05, 0) is 22.9 Å². The van der Waals surface area contributed by atoms with Gasteiger partial charge in [0.15, 0.2) is 0 Å². The van der Waals surface area contributed by atoms with Crippen LogP contribution in [0.15, 0.2) is 60.1 Å². The number of piperazine rings is 1. The molecule has 0 saturated carbocycles. The first-order chi connectivity index (χ1) is 13.2. The molecular weight excluding hydrogens is 358 g/mol. The molecule has 4 rings (SSSR count). The maximum absolute atomic E-state index is 13.0. The molecule has 1 fully saturated rings. The number of fused-ring (bicyclic) bond motifs is 1. The van der Waals surface area contributed by atoms with Crippen molar-refractivity contribution in [2.75, 3.05) is 26.2 Å². The number of thiazole rings is 1. The molecule has 5 nitrogen and oxygen atoms in total. The van der Waals surface area contributed by atoms with Crippen molar-refractivity contribution in [1.29, 1.82) is 0 Å². The molecule has 1 aliphatic rings. The normalized spacial score (nSPS) is 14.8. The second-order valence-corrected chi connectivity index (χ2v) is 7.27. The zero-order valence-corrected chi connectivity index (χ0v) is 15.6. The summed E-state index contributed by atoms with van der Waals surface area (Å²) < 4.78 is 0. The average Bonchev–Trinajstić information content (AvgIpc) is 3.25. The number of carbonyl (C=O) groups is 2. The van der Waals surface area contributed by atoms with Crippen LogP contribution >= 0.6 is 11.3 Å². The molecule has 6 heteroatoms. The molecule has 1 saturated heterocycles. The van der Waals surface area contributed by atoms with Crippen LogP contribution in [-0.2, 0) is 4.79 Å². The van der Waals surface area contributed by atoms with Crippen molar-refractivity contribution < 1.29 is 9.59 Å². The van der Waals surface area contributed by atoms with Crippen LogP contribution in [0.2, 0.25) is 0 Å². The maximum Gasteiger partial charge on any atom is 0.254 e. The number of hydrogen-bond acceptors (Lipinski definition) is 4. The topological polar surface area (TPSA) is 53.5 Å². The number of nitrogens with zero attached hydrogens (tertiary/aromatic N) is 3. The van der Waals surface area contributed by atoms with Crippen LogP contribution < -0.4 is 0 Å². The van der Waals surface area contributed by atoms with Gasteiger partial charge in [-0.1, -0.05) is 36.4 Å². The minimum Gasteiger partial charge on any atom is -0.336 e. The second kappa shape index (κ2) is 7.72. The molecule has 0 aliphatic carbocycles. The van der Waals surface area contributed by atoms with E-state index < -0.39 is 0 Å². The number of rotatable bonds is 3. The Morgan fingerprint density at radius 2 is 1.70 bits per heavy atom. The van der Waals surface area contributed by atoms with Gasteiger partial charge in [-0.3, -0.25) is 9.59 Å². The van der Waals surface area contributed by atoms with Gasteiger partial charge in [0.05, 0.1) is 0 Å². The molecule has 2 amide bonds. The molecule has 0 N–H and O–H groups in total. The summed E-state index contributed by atoms with van der Waals surface area (Å²) in [5.74, 6) is -0.0142. The molecule has 136 valence electrons. The minimum absolute atomic E-state index is 0.0252.